The van der Waals surface area contributed by atoms with Crippen LogP contribution in [-0.4, -0.2) is 38.1 Å². The maximum absolute atomic E-state index is 12.9. The molecule has 1 aromatic heterocycles. The molecule has 148 valence electrons. The largest absolute Gasteiger partial charge is 0.503 e. The normalized spacial score (nSPS) is 18.0. The van der Waals surface area contributed by atoms with Gasteiger partial charge >= 0.3 is 0 Å². The number of nitrogens with zero attached hydrogens (tertiary/aromatic N) is 2. The minimum absolute atomic E-state index is 0.326. The number of aliphatic hydroxyl groups excluding tert-OH is 1. The van der Waals surface area contributed by atoms with E-state index in [0.717, 1.165) is 22.9 Å². The molecular formula is C21H25N3O4. The van der Waals surface area contributed by atoms with E-state index >= 15 is 0 Å². The van der Waals surface area contributed by atoms with Crippen LogP contribution in [0.25, 0.3) is 10.9 Å². The van der Waals surface area contributed by atoms with E-state index in [9.17, 15) is 19.9 Å². The number of carbonyl (C=O) groups is 2. The number of amides is 2. The lowest BCUT2D eigenvalue weighted by molar-refractivity contribution is -0.144. The monoisotopic (exact) mass is 383 g/mol. The minimum Gasteiger partial charge on any atom is -0.503 e. The predicted octanol–water partition coefficient (Wildman–Crippen LogP) is 3.40. The molecule has 1 aromatic carbocycles. The summed E-state index contributed by atoms with van der Waals surface area (Å²) < 4.78 is 0. The van der Waals surface area contributed by atoms with Gasteiger partial charge in [0.1, 0.15) is 6.04 Å². The number of rotatable bonds is 7. The Morgan fingerprint density at radius 1 is 1.32 bits per heavy atom. The fourth-order valence-corrected chi connectivity index (χ4v) is 3.82. The predicted molar refractivity (Wildman–Crippen MR) is 105 cm³/mol. The SMILES string of the molecule is CCCCC(C(=O)NO)N1C(=O)C(O)=C(CC)C1c1cnc2ccccc2c1. The first-order valence-electron chi connectivity index (χ1n) is 9.56. The topological polar surface area (TPSA) is 103 Å². The second-order valence-corrected chi connectivity index (χ2v) is 6.94. The van der Waals surface area contributed by atoms with Gasteiger partial charge in [0.25, 0.3) is 11.8 Å². The van der Waals surface area contributed by atoms with E-state index in [1.54, 1.807) is 11.7 Å². The van der Waals surface area contributed by atoms with Crippen molar-refractivity contribution >= 4 is 22.7 Å². The van der Waals surface area contributed by atoms with Crippen LogP contribution >= 0.6 is 0 Å². The molecule has 2 amide bonds. The van der Waals surface area contributed by atoms with Crippen LogP contribution in [0, 0.1) is 0 Å². The third kappa shape index (κ3) is 3.45. The summed E-state index contributed by atoms with van der Waals surface area (Å²) in [6, 6.07) is 8.06. The third-order valence-electron chi connectivity index (χ3n) is 5.24. The number of nitrogens with one attached hydrogen (secondary N) is 1. The zero-order valence-electron chi connectivity index (χ0n) is 16.1. The number of hydrogen-bond donors (Lipinski definition) is 3. The number of unbranched alkanes of at least 4 members (excludes halogenated alkanes) is 1. The molecule has 7 nitrogen and oxygen atoms in total. The number of carbonyl (C=O) groups excluding carboxylic acids is 2. The highest BCUT2D eigenvalue weighted by molar-refractivity contribution is 5.99. The van der Waals surface area contributed by atoms with Gasteiger partial charge in [-0.05, 0) is 30.5 Å². The quantitative estimate of drug-likeness (QED) is 0.502. The van der Waals surface area contributed by atoms with Crippen molar-refractivity contribution in [3.63, 3.8) is 0 Å². The Labute approximate surface area is 163 Å². The molecular weight excluding hydrogens is 358 g/mol. The standard InChI is InChI=1S/C21H25N3O4/c1-3-5-10-17(20(26)23-28)24-18(15(4-2)19(25)21(24)27)14-11-13-8-6-7-9-16(13)22-12-14/h6-9,11-12,17-18,25,28H,3-5,10H2,1-2H3,(H,23,26). The molecule has 2 heterocycles. The number of aromatic nitrogens is 1. The highest BCUT2D eigenvalue weighted by Gasteiger charge is 2.45. The number of aliphatic hydroxyl groups is 1. The van der Waals surface area contributed by atoms with Crippen molar-refractivity contribution in [3.8, 4) is 0 Å². The van der Waals surface area contributed by atoms with Crippen molar-refractivity contribution < 1.29 is 19.9 Å². The van der Waals surface area contributed by atoms with Crippen LogP contribution in [0.5, 0.6) is 0 Å². The molecule has 3 N–H and O–H groups in total. The lowest BCUT2D eigenvalue weighted by Crippen LogP contribution is -2.48. The highest BCUT2D eigenvalue weighted by Crippen LogP contribution is 2.41. The molecule has 2 unspecified atom stereocenters. The summed E-state index contributed by atoms with van der Waals surface area (Å²) in [5.41, 5.74) is 3.77. The van der Waals surface area contributed by atoms with Gasteiger partial charge in [-0.15, -0.1) is 0 Å². The summed E-state index contributed by atoms with van der Waals surface area (Å²) in [5, 5.41) is 20.6. The molecule has 0 bridgehead atoms. The molecule has 0 saturated carbocycles. The first-order valence-corrected chi connectivity index (χ1v) is 9.56. The summed E-state index contributed by atoms with van der Waals surface area (Å²) in [5.74, 6) is -1.58. The lowest BCUT2D eigenvalue weighted by atomic mass is 9.95. The summed E-state index contributed by atoms with van der Waals surface area (Å²) >= 11 is 0. The molecule has 0 fully saturated rings. The van der Waals surface area contributed by atoms with E-state index < -0.39 is 23.9 Å². The Kier molecular flexibility index (Phi) is 5.94. The minimum atomic E-state index is -0.889. The fraction of sp³-hybridized carbons (Fsp3) is 0.381. The van der Waals surface area contributed by atoms with Crippen LogP contribution in [0.3, 0.4) is 0 Å². The molecule has 2 atom stereocenters. The second kappa shape index (κ2) is 8.39. The van der Waals surface area contributed by atoms with Gasteiger partial charge in [-0.25, -0.2) is 5.48 Å². The van der Waals surface area contributed by atoms with Gasteiger partial charge in [-0.1, -0.05) is 44.9 Å². The Morgan fingerprint density at radius 3 is 2.75 bits per heavy atom. The van der Waals surface area contributed by atoms with Crippen molar-refractivity contribution in [1.29, 1.82) is 0 Å². The van der Waals surface area contributed by atoms with E-state index in [1.807, 2.05) is 44.2 Å². The number of para-hydroxylation sites is 1. The second-order valence-electron chi connectivity index (χ2n) is 6.94. The van der Waals surface area contributed by atoms with E-state index in [4.69, 9.17) is 0 Å². The molecule has 0 saturated heterocycles. The van der Waals surface area contributed by atoms with Crippen molar-refractivity contribution in [2.24, 2.45) is 0 Å². The van der Waals surface area contributed by atoms with Gasteiger partial charge in [0.15, 0.2) is 5.76 Å². The molecule has 1 aliphatic rings. The van der Waals surface area contributed by atoms with Gasteiger partial charge in [-0.2, -0.15) is 0 Å². The lowest BCUT2D eigenvalue weighted by Gasteiger charge is -2.33. The Bertz CT molecular complexity index is 925. The van der Waals surface area contributed by atoms with Gasteiger partial charge in [-0.3, -0.25) is 19.8 Å². The summed E-state index contributed by atoms with van der Waals surface area (Å²) in [4.78, 5) is 31.1. The summed E-state index contributed by atoms with van der Waals surface area (Å²) in [7, 11) is 0. The highest BCUT2D eigenvalue weighted by atomic mass is 16.5. The van der Waals surface area contributed by atoms with Gasteiger partial charge < -0.3 is 10.0 Å². The van der Waals surface area contributed by atoms with Crippen LogP contribution in [-0.2, 0) is 9.59 Å². The molecule has 1 aliphatic heterocycles. The Morgan fingerprint density at radius 2 is 2.07 bits per heavy atom. The van der Waals surface area contributed by atoms with Gasteiger partial charge in [0.05, 0.1) is 11.6 Å². The number of benzene rings is 1. The maximum atomic E-state index is 12.9. The zero-order chi connectivity index (χ0) is 20.3. The van der Waals surface area contributed by atoms with E-state index in [2.05, 4.69) is 4.98 Å². The number of fused-ring (bicyclic) bond motifs is 1. The number of hydroxylamine groups is 1. The number of hydrogen-bond acceptors (Lipinski definition) is 5. The Balaban J connectivity index is 2.11. The van der Waals surface area contributed by atoms with Crippen LogP contribution in [0.2, 0.25) is 0 Å². The van der Waals surface area contributed by atoms with Crippen molar-refractivity contribution in [2.45, 2.75) is 51.6 Å². The van der Waals surface area contributed by atoms with Gasteiger partial charge in [0.2, 0.25) is 0 Å². The van der Waals surface area contributed by atoms with E-state index in [-0.39, 0.29) is 5.76 Å². The fourth-order valence-electron chi connectivity index (χ4n) is 3.82. The van der Waals surface area contributed by atoms with Crippen molar-refractivity contribution in [1.82, 2.24) is 15.4 Å². The molecule has 0 spiro atoms. The molecule has 7 heteroatoms. The van der Waals surface area contributed by atoms with Crippen LogP contribution < -0.4 is 5.48 Å². The first kappa shape index (κ1) is 19.8. The van der Waals surface area contributed by atoms with E-state index in [0.29, 0.717) is 24.8 Å². The molecule has 0 radical (unpaired) electrons. The summed E-state index contributed by atoms with van der Waals surface area (Å²) in [6.45, 7) is 3.84. The van der Waals surface area contributed by atoms with Crippen LogP contribution in [0.4, 0.5) is 0 Å². The Hall–Kier alpha value is -2.93. The first-order chi connectivity index (χ1) is 13.5. The number of pyridine rings is 1. The molecule has 3 rings (SSSR count). The average Bonchev–Trinajstić information content (AvgIpc) is 2.98. The zero-order valence-corrected chi connectivity index (χ0v) is 16.1. The average molecular weight is 383 g/mol. The summed E-state index contributed by atoms with van der Waals surface area (Å²) in [6.07, 6.45) is 4.05. The maximum Gasteiger partial charge on any atom is 0.290 e. The van der Waals surface area contributed by atoms with Crippen molar-refractivity contribution in [3.05, 3.63) is 53.4 Å². The smallest absolute Gasteiger partial charge is 0.290 e. The van der Waals surface area contributed by atoms with Gasteiger partial charge in [0, 0.05) is 17.2 Å². The van der Waals surface area contributed by atoms with Crippen LogP contribution in [0.1, 0.15) is 51.1 Å². The molecule has 28 heavy (non-hydrogen) atoms. The van der Waals surface area contributed by atoms with E-state index in [1.165, 1.54) is 4.90 Å². The van der Waals surface area contributed by atoms with Crippen molar-refractivity contribution in [2.75, 3.05) is 0 Å². The molecule has 0 aliphatic carbocycles. The van der Waals surface area contributed by atoms with Crippen LogP contribution in [0.15, 0.2) is 47.9 Å². The third-order valence-corrected chi connectivity index (χ3v) is 5.24. The molecule has 2 aromatic rings.